The van der Waals surface area contributed by atoms with Crippen molar-refractivity contribution in [3.05, 3.63) is 45.9 Å². The van der Waals surface area contributed by atoms with E-state index in [2.05, 4.69) is 35.1 Å². The van der Waals surface area contributed by atoms with Crippen LogP contribution >= 0.6 is 15.9 Å². The summed E-state index contributed by atoms with van der Waals surface area (Å²) in [7, 11) is 3.58. The highest BCUT2D eigenvalue weighted by Gasteiger charge is 2.21. The molecule has 6 nitrogen and oxygen atoms in total. The smallest absolute Gasteiger partial charge is 0.256 e. The first-order valence-electron chi connectivity index (χ1n) is 10.3. The summed E-state index contributed by atoms with van der Waals surface area (Å²) in [5.74, 6) is 1.44. The van der Waals surface area contributed by atoms with Gasteiger partial charge in [0.15, 0.2) is 0 Å². The summed E-state index contributed by atoms with van der Waals surface area (Å²) in [6, 6.07) is 9.66. The van der Waals surface area contributed by atoms with Crippen LogP contribution in [0.4, 0.5) is 11.6 Å². The van der Waals surface area contributed by atoms with E-state index in [1.54, 1.807) is 7.11 Å². The van der Waals surface area contributed by atoms with Crippen LogP contribution in [-0.4, -0.2) is 40.6 Å². The lowest BCUT2D eigenvalue weighted by Gasteiger charge is -2.22. The van der Waals surface area contributed by atoms with E-state index in [4.69, 9.17) is 9.72 Å². The van der Waals surface area contributed by atoms with Crippen molar-refractivity contribution in [3.63, 3.8) is 0 Å². The van der Waals surface area contributed by atoms with Gasteiger partial charge in [0.1, 0.15) is 5.75 Å². The zero-order valence-electron chi connectivity index (χ0n) is 18.3. The topological polar surface area (TPSA) is 59.4 Å². The molecule has 0 spiro atoms. The third-order valence-electron chi connectivity index (χ3n) is 5.12. The van der Waals surface area contributed by atoms with Crippen molar-refractivity contribution in [2.24, 2.45) is 7.05 Å². The summed E-state index contributed by atoms with van der Waals surface area (Å²) in [4.78, 5) is 20.0. The van der Waals surface area contributed by atoms with E-state index >= 15 is 0 Å². The molecule has 1 amide bonds. The first kappa shape index (κ1) is 22.2. The Hall–Kier alpha value is -2.54. The number of carbonyl (C=O) groups is 1. The minimum atomic E-state index is 0.0521. The van der Waals surface area contributed by atoms with Crippen LogP contribution < -0.4 is 10.1 Å². The molecule has 0 unspecified atom stereocenters. The average molecular weight is 473 g/mol. The molecule has 160 valence electrons. The van der Waals surface area contributed by atoms with Gasteiger partial charge < -0.3 is 19.5 Å². The van der Waals surface area contributed by atoms with Crippen molar-refractivity contribution in [2.45, 2.75) is 33.6 Å². The Morgan fingerprint density at radius 2 is 1.93 bits per heavy atom. The van der Waals surface area contributed by atoms with Crippen LogP contribution in [0.1, 0.15) is 42.6 Å². The molecule has 0 aliphatic rings. The van der Waals surface area contributed by atoms with E-state index in [9.17, 15) is 4.79 Å². The molecule has 1 heterocycles. The summed E-state index contributed by atoms with van der Waals surface area (Å²) in [5.41, 5.74) is 4.17. The number of methoxy groups -OCH3 is 1. The number of fused-ring (bicyclic) bond motifs is 1. The largest absolute Gasteiger partial charge is 0.495 e. The fourth-order valence-electron chi connectivity index (χ4n) is 3.72. The summed E-state index contributed by atoms with van der Waals surface area (Å²) >= 11 is 3.51. The van der Waals surface area contributed by atoms with Gasteiger partial charge in [0, 0.05) is 24.6 Å². The summed E-state index contributed by atoms with van der Waals surface area (Å²) in [6.45, 7) is 7.70. The molecular formula is C23H29BrN4O2. The Labute approximate surface area is 186 Å². The molecule has 3 rings (SSSR count). The zero-order chi connectivity index (χ0) is 21.8. The number of halogens is 1. The molecule has 3 aromatic rings. The van der Waals surface area contributed by atoms with Gasteiger partial charge in [-0.25, -0.2) is 4.98 Å². The third kappa shape index (κ3) is 4.31. The number of carbonyl (C=O) groups excluding carboxylic acids is 1. The Kier molecular flexibility index (Phi) is 7.02. The Morgan fingerprint density at radius 3 is 2.57 bits per heavy atom. The number of aryl methyl sites for hydroxylation is 2. The van der Waals surface area contributed by atoms with Gasteiger partial charge in [-0.3, -0.25) is 4.79 Å². The van der Waals surface area contributed by atoms with Crippen LogP contribution in [0, 0.1) is 6.92 Å². The highest BCUT2D eigenvalue weighted by atomic mass is 79.9. The molecule has 0 aliphatic heterocycles. The predicted octanol–water partition coefficient (Wildman–Crippen LogP) is 5.66. The zero-order valence-corrected chi connectivity index (χ0v) is 19.8. The molecule has 0 saturated carbocycles. The lowest BCUT2D eigenvalue weighted by atomic mass is 10.1. The van der Waals surface area contributed by atoms with Crippen molar-refractivity contribution in [2.75, 3.05) is 25.5 Å². The summed E-state index contributed by atoms with van der Waals surface area (Å²) in [5, 5.41) is 3.40. The van der Waals surface area contributed by atoms with Crippen LogP contribution in [0.2, 0.25) is 0 Å². The molecule has 0 fully saturated rings. The van der Waals surface area contributed by atoms with E-state index in [-0.39, 0.29) is 5.91 Å². The second kappa shape index (κ2) is 9.51. The fraction of sp³-hybridized carbons (Fsp3) is 0.391. The first-order chi connectivity index (χ1) is 14.4. The molecule has 0 radical (unpaired) electrons. The molecule has 1 N–H and O–H groups in total. The van der Waals surface area contributed by atoms with Gasteiger partial charge in [-0.05, 0) is 49.6 Å². The Bertz CT molecular complexity index is 1060. The van der Waals surface area contributed by atoms with Crippen LogP contribution in [-0.2, 0) is 7.05 Å². The van der Waals surface area contributed by atoms with Gasteiger partial charge in [-0.15, -0.1) is 0 Å². The minimum absolute atomic E-state index is 0.0521. The average Bonchev–Trinajstić information content (AvgIpc) is 3.04. The van der Waals surface area contributed by atoms with Gasteiger partial charge >= 0.3 is 0 Å². The highest BCUT2D eigenvalue weighted by Crippen LogP contribution is 2.35. The molecule has 0 atom stereocenters. The van der Waals surface area contributed by atoms with Crippen molar-refractivity contribution >= 4 is 44.5 Å². The number of nitrogens with one attached hydrogen (secondary N) is 1. The SMILES string of the molecule is CCCN(CCC)C(=O)c1cccc2nc(Nc3c(C)cc(Br)cc3OC)n(C)c12. The number of imidazole rings is 1. The number of anilines is 2. The van der Waals surface area contributed by atoms with Gasteiger partial charge in [0.2, 0.25) is 5.95 Å². The van der Waals surface area contributed by atoms with E-state index in [0.717, 1.165) is 58.4 Å². The maximum atomic E-state index is 13.3. The van der Waals surface area contributed by atoms with Crippen LogP contribution in [0.3, 0.4) is 0 Å². The lowest BCUT2D eigenvalue weighted by Crippen LogP contribution is -2.32. The number of hydrogen-bond donors (Lipinski definition) is 1. The minimum Gasteiger partial charge on any atom is -0.495 e. The third-order valence-corrected chi connectivity index (χ3v) is 5.58. The first-order valence-corrected chi connectivity index (χ1v) is 11.1. The highest BCUT2D eigenvalue weighted by molar-refractivity contribution is 9.10. The van der Waals surface area contributed by atoms with E-state index in [0.29, 0.717) is 11.5 Å². The second-order valence-corrected chi connectivity index (χ2v) is 8.30. The maximum Gasteiger partial charge on any atom is 0.256 e. The van der Waals surface area contributed by atoms with E-state index < -0.39 is 0 Å². The van der Waals surface area contributed by atoms with Gasteiger partial charge in [-0.1, -0.05) is 35.8 Å². The molecule has 0 saturated heterocycles. The van der Waals surface area contributed by atoms with Gasteiger partial charge in [0.25, 0.3) is 5.91 Å². The molecule has 1 aromatic heterocycles. The van der Waals surface area contributed by atoms with Crippen molar-refractivity contribution in [3.8, 4) is 5.75 Å². The van der Waals surface area contributed by atoms with Crippen molar-refractivity contribution in [1.82, 2.24) is 14.5 Å². The van der Waals surface area contributed by atoms with Crippen molar-refractivity contribution < 1.29 is 9.53 Å². The van der Waals surface area contributed by atoms with Crippen LogP contribution in [0.15, 0.2) is 34.8 Å². The summed E-state index contributed by atoms with van der Waals surface area (Å²) in [6.07, 6.45) is 1.87. The molecule has 30 heavy (non-hydrogen) atoms. The second-order valence-electron chi connectivity index (χ2n) is 7.38. The number of rotatable bonds is 8. The van der Waals surface area contributed by atoms with Gasteiger partial charge in [0.05, 0.1) is 29.4 Å². The molecule has 2 aromatic carbocycles. The fourth-order valence-corrected chi connectivity index (χ4v) is 4.28. The molecular weight excluding hydrogens is 444 g/mol. The summed E-state index contributed by atoms with van der Waals surface area (Å²) < 4.78 is 8.45. The number of aromatic nitrogens is 2. The molecule has 0 bridgehead atoms. The maximum absolute atomic E-state index is 13.3. The van der Waals surface area contributed by atoms with Crippen LogP contribution in [0.25, 0.3) is 11.0 Å². The number of amides is 1. The number of benzene rings is 2. The number of hydrogen-bond acceptors (Lipinski definition) is 4. The number of nitrogens with zero attached hydrogens (tertiary/aromatic N) is 3. The van der Waals surface area contributed by atoms with Crippen molar-refractivity contribution in [1.29, 1.82) is 0 Å². The Balaban J connectivity index is 2.06. The van der Waals surface area contributed by atoms with E-state index in [1.165, 1.54) is 0 Å². The van der Waals surface area contributed by atoms with E-state index in [1.807, 2.05) is 53.8 Å². The normalized spacial score (nSPS) is 11.0. The van der Waals surface area contributed by atoms with Crippen LogP contribution in [0.5, 0.6) is 5.75 Å². The molecule has 7 heteroatoms. The quantitative estimate of drug-likeness (QED) is 0.459. The standard InChI is InChI=1S/C23H29BrN4O2/c1-6-11-28(12-7-2)22(29)17-9-8-10-18-21(17)27(4)23(25-18)26-20-15(3)13-16(24)14-19(20)30-5/h8-10,13-14H,6-7,11-12H2,1-5H3,(H,25,26). The monoisotopic (exact) mass is 472 g/mol. The Morgan fingerprint density at radius 1 is 1.23 bits per heavy atom. The predicted molar refractivity (Wildman–Crippen MR) is 126 cm³/mol. The molecule has 0 aliphatic carbocycles. The van der Waals surface area contributed by atoms with Gasteiger partial charge in [-0.2, -0.15) is 0 Å². The number of ether oxygens (including phenoxy) is 1. The lowest BCUT2D eigenvalue weighted by molar-refractivity contribution is 0.0757. The number of para-hydroxylation sites is 1.